The van der Waals surface area contributed by atoms with Gasteiger partial charge in [0.25, 0.3) is 0 Å². The number of imidazole rings is 1. The fourth-order valence-electron chi connectivity index (χ4n) is 5.48. The molecule has 0 amide bonds. The first-order chi connectivity index (χ1) is 16.7. The topological polar surface area (TPSA) is 38.0 Å². The lowest BCUT2D eigenvalue weighted by Gasteiger charge is -2.21. The first-order valence-corrected chi connectivity index (χ1v) is 12.3. The Morgan fingerprint density at radius 2 is 1.88 bits per heavy atom. The van der Waals surface area contributed by atoms with E-state index >= 15 is 0 Å². The number of rotatable bonds is 5. The summed E-state index contributed by atoms with van der Waals surface area (Å²) >= 11 is 0. The van der Waals surface area contributed by atoms with E-state index in [2.05, 4.69) is 49.8 Å². The van der Waals surface area contributed by atoms with Crippen molar-refractivity contribution in [3.63, 3.8) is 0 Å². The van der Waals surface area contributed by atoms with Crippen molar-refractivity contribution in [3.05, 3.63) is 78.5 Å². The quantitative estimate of drug-likeness (QED) is 0.403. The number of fused-ring (bicyclic) bond motifs is 5. The molecule has 1 saturated carbocycles. The number of hydrogen-bond donors (Lipinski definition) is 1. The predicted molar refractivity (Wildman–Crippen MR) is 133 cm³/mol. The summed E-state index contributed by atoms with van der Waals surface area (Å²) in [5.41, 5.74) is 6.95. The highest BCUT2D eigenvalue weighted by atomic mass is 19.1. The van der Waals surface area contributed by atoms with E-state index < -0.39 is 0 Å². The highest BCUT2D eigenvalue weighted by Gasteiger charge is 2.27. The van der Waals surface area contributed by atoms with Gasteiger partial charge in [0.1, 0.15) is 5.82 Å². The fraction of sp³-hybridized carbons (Fsp3) is 0.321. The Hall–Kier alpha value is -3.38. The average molecular weight is 454 g/mol. The molecule has 0 unspecified atom stereocenters. The van der Waals surface area contributed by atoms with Crippen LogP contribution in [0.3, 0.4) is 0 Å². The van der Waals surface area contributed by atoms with Crippen LogP contribution in [-0.4, -0.2) is 39.8 Å². The second-order valence-corrected chi connectivity index (χ2v) is 9.97. The highest BCUT2D eigenvalue weighted by Crippen LogP contribution is 2.36. The smallest absolute Gasteiger partial charge is 0.161 e. The Bertz CT molecular complexity index is 1350. The minimum absolute atomic E-state index is 0.214. The Morgan fingerprint density at radius 3 is 2.74 bits per heavy atom. The number of benzene rings is 2. The SMILES string of the molecule is Fc1ccc(-c2cc3n(c2)Cc2cc(N4CC[C@@H](CNC5CC5)C4)ccc2-n2ccnc2-3)cc1. The van der Waals surface area contributed by atoms with Gasteiger partial charge in [-0.2, -0.15) is 0 Å². The monoisotopic (exact) mass is 453 g/mol. The zero-order valence-corrected chi connectivity index (χ0v) is 19.1. The first-order valence-electron chi connectivity index (χ1n) is 12.3. The lowest BCUT2D eigenvalue weighted by atomic mass is 10.1. The van der Waals surface area contributed by atoms with Crippen molar-refractivity contribution in [1.82, 2.24) is 19.4 Å². The number of hydrogen-bond acceptors (Lipinski definition) is 3. The molecule has 7 rings (SSSR count). The molecule has 5 nitrogen and oxygen atoms in total. The molecule has 0 radical (unpaired) electrons. The number of nitrogens with zero attached hydrogens (tertiary/aromatic N) is 4. The van der Waals surface area contributed by atoms with Crippen molar-refractivity contribution >= 4 is 5.69 Å². The van der Waals surface area contributed by atoms with Gasteiger partial charge >= 0.3 is 0 Å². The molecule has 3 aliphatic rings. The minimum atomic E-state index is -0.214. The minimum Gasteiger partial charge on any atom is -0.371 e. The molecule has 0 bridgehead atoms. The van der Waals surface area contributed by atoms with E-state index in [4.69, 9.17) is 4.98 Å². The lowest BCUT2D eigenvalue weighted by molar-refractivity contribution is 0.515. The summed E-state index contributed by atoms with van der Waals surface area (Å²) in [5, 5.41) is 3.71. The molecule has 2 fully saturated rings. The van der Waals surface area contributed by atoms with Gasteiger partial charge < -0.3 is 14.8 Å². The van der Waals surface area contributed by atoms with Crippen LogP contribution >= 0.6 is 0 Å². The molecule has 1 atom stereocenters. The summed E-state index contributed by atoms with van der Waals surface area (Å²) in [6, 6.07) is 16.5. The second-order valence-electron chi connectivity index (χ2n) is 9.97. The Kier molecular flexibility index (Phi) is 4.62. The van der Waals surface area contributed by atoms with Gasteiger partial charge in [-0.3, -0.25) is 4.57 Å². The zero-order chi connectivity index (χ0) is 22.6. The van der Waals surface area contributed by atoms with E-state index in [0.29, 0.717) is 0 Å². The molecule has 2 aromatic heterocycles. The third kappa shape index (κ3) is 3.53. The van der Waals surface area contributed by atoms with E-state index in [1.807, 2.05) is 24.5 Å². The summed E-state index contributed by atoms with van der Waals surface area (Å²) in [6.07, 6.45) is 10.0. The number of nitrogens with one attached hydrogen (secondary N) is 1. The maximum Gasteiger partial charge on any atom is 0.161 e. The molecule has 6 heteroatoms. The van der Waals surface area contributed by atoms with Crippen molar-refractivity contribution < 1.29 is 4.39 Å². The van der Waals surface area contributed by atoms with Crippen LogP contribution in [-0.2, 0) is 6.54 Å². The van der Waals surface area contributed by atoms with Gasteiger partial charge in [-0.05, 0) is 79.3 Å². The molecule has 4 heterocycles. The third-order valence-electron chi connectivity index (χ3n) is 7.53. The van der Waals surface area contributed by atoms with Gasteiger partial charge in [0.05, 0.1) is 11.4 Å². The summed E-state index contributed by atoms with van der Waals surface area (Å²) in [7, 11) is 0. The molecule has 1 saturated heterocycles. The van der Waals surface area contributed by atoms with Crippen LogP contribution in [0.5, 0.6) is 0 Å². The Labute approximate surface area is 198 Å². The molecule has 1 aliphatic carbocycles. The number of anilines is 1. The maximum atomic E-state index is 13.4. The number of halogens is 1. The van der Waals surface area contributed by atoms with E-state index in [9.17, 15) is 4.39 Å². The summed E-state index contributed by atoms with van der Waals surface area (Å²) in [5.74, 6) is 1.45. The van der Waals surface area contributed by atoms with Crippen LogP contribution < -0.4 is 10.2 Å². The molecule has 172 valence electrons. The standard InChI is InChI=1S/C28H28FN5/c29-23-3-1-20(2-4-23)21-14-27-28-30-10-12-34(28)26-8-7-25(13-22(26)18-33(27)17-21)32-11-9-19(16-32)15-31-24-5-6-24/h1-4,7-8,10,12-14,17,19,24,31H,5-6,9,11,15-16,18H2/t19-/m0/s1. The molecular formula is C28H28FN5. The van der Waals surface area contributed by atoms with Gasteiger partial charge in [-0.15, -0.1) is 0 Å². The summed E-state index contributed by atoms with van der Waals surface area (Å²) in [4.78, 5) is 7.23. The van der Waals surface area contributed by atoms with E-state index in [-0.39, 0.29) is 5.82 Å². The molecule has 1 N–H and O–H groups in total. The highest BCUT2D eigenvalue weighted by molar-refractivity contribution is 5.72. The molecule has 4 aromatic rings. The van der Waals surface area contributed by atoms with Crippen LogP contribution in [0.25, 0.3) is 28.3 Å². The van der Waals surface area contributed by atoms with Gasteiger partial charge in [-0.25, -0.2) is 9.37 Å². The van der Waals surface area contributed by atoms with E-state index in [0.717, 1.165) is 60.8 Å². The Morgan fingerprint density at radius 1 is 1.00 bits per heavy atom. The van der Waals surface area contributed by atoms with Crippen LogP contribution in [0, 0.1) is 11.7 Å². The van der Waals surface area contributed by atoms with Crippen molar-refractivity contribution in [2.75, 3.05) is 24.5 Å². The van der Waals surface area contributed by atoms with Crippen molar-refractivity contribution in [2.24, 2.45) is 5.92 Å². The van der Waals surface area contributed by atoms with Crippen molar-refractivity contribution in [3.8, 4) is 28.3 Å². The average Bonchev–Trinajstić information content (AvgIpc) is 3.22. The van der Waals surface area contributed by atoms with Gasteiger partial charge in [-0.1, -0.05) is 12.1 Å². The van der Waals surface area contributed by atoms with E-state index in [1.54, 1.807) is 0 Å². The Balaban J connectivity index is 1.21. The van der Waals surface area contributed by atoms with Crippen LogP contribution in [0.4, 0.5) is 10.1 Å². The zero-order valence-electron chi connectivity index (χ0n) is 19.1. The molecule has 2 aliphatic heterocycles. The molecule has 2 aromatic carbocycles. The van der Waals surface area contributed by atoms with Crippen LogP contribution in [0.1, 0.15) is 24.8 Å². The van der Waals surface area contributed by atoms with Gasteiger partial charge in [0.15, 0.2) is 5.82 Å². The van der Waals surface area contributed by atoms with Crippen LogP contribution in [0.15, 0.2) is 67.1 Å². The van der Waals surface area contributed by atoms with Crippen molar-refractivity contribution in [1.29, 1.82) is 0 Å². The van der Waals surface area contributed by atoms with Crippen LogP contribution in [0.2, 0.25) is 0 Å². The normalized spacial score (nSPS) is 19.0. The predicted octanol–water partition coefficient (Wildman–Crippen LogP) is 5.09. The fourth-order valence-corrected chi connectivity index (χ4v) is 5.48. The largest absolute Gasteiger partial charge is 0.371 e. The maximum absolute atomic E-state index is 13.4. The number of aromatic nitrogens is 3. The van der Waals surface area contributed by atoms with E-state index in [1.165, 1.54) is 48.3 Å². The summed E-state index contributed by atoms with van der Waals surface area (Å²) in [6.45, 7) is 4.17. The van der Waals surface area contributed by atoms with Gasteiger partial charge in [0.2, 0.25) is 0 Å². The third-order valence-corrected chi connectivity index (χ3v) is 7.53. The first kappa shape index (κ1) is 20.0. The second kappa shape index (κ2) is 7.84. The van der Waals surface area contributed by atoms with Crippen molar-refractivity contribution in [2.45, 2.75) is 31.8 Å². The summed E-state index contributed by atoms with van der Waals surface area (Å²) < 4.78 is 17.9. The molecular weight excluding hydrogens is 425 g/mol. The molecule has 34 heavy (non-hydrogen) atoms. The molecule has 0 spiro atoms. The van der Waals surface area contributed by atoms with Gasteiger partial charge in [0, 0.05) is 55.5 Å². The lowest BCUT2D eigenvalue weighted by Crippen LogP contribution is -2.27.